The van der Waals surface area contributed by atoms with Gasteiger partial charge in [0.05, 0.1) is 12.2 Å². The summed E-state index contributed by atoms with van der Waals surface area (Å²) in [5.41, 5.74) is 1.14. The van der Waals surface area contributed by atoms with Gasteiger partial charge in [0.25, 0.3) is 5.91 Å². The lowest BCUT2D eigenvalue weighted by Gasteiger charge is -2.09. The molecule has 21 heavy (non-hydrogen) atoms. The lowest BCUT2D eigenvalue weighted by molar-refractivity contribution is 0.0945. The fraction of sp³-hybridized carbons (Fsp3) is 0.333. The number of amides is 1. The summed E-state index contributed by atoms with van der Waals surface area (Å²) >= 11 is 0. The van der Waals surface area contributed by atoms with Gasteiger partial charge in [0, 0.05) is 18.8 Å². The van der Waals surface area contributed by atoms with Crippen LogP contribution in [0.3, 0.4) is 0 Å². The lowest BCUT2D eigenvalue weighted by Crippen LogP contribution is -2.24. The third-order valence-electron chi connectivity index (χ3n) is 2.75. The number of aromatic nitrogens is 3. The third kappa shape index (κ3) is 4.83. The van der Waals surface area contributed by atoms with Crippen molar-refractivity contribution < 1.29 is 4.79 Å². The molecule has 0 aliphatic heterocycles. The summed E-state index contributed by atoms with van der Waals surface area (Å²) in [4.78, 5) is 24.3. The van der Waals surface area contributed by atoms with Crippen molar-refractivity contribution >= 4 is 11.7 Å². The Labute approximate surface area is 124 Å². The van der Waals surface area contributed by atoms with Crippen LogP contribution in [0.2, 0.25) is 0 Å². The molecule has 0 bridgehead atoms. The highest BCUT2D eigenvalue weighted by atomic mass is 16.1. The van der Waals surface area contributed by atoms with Crippen molar-refractivity contribution in [2.24, 2.45) is 5.92 Å². The molecule has 6 heteroatoms. The van der Waals surface area contributed by atoms with Crippen molar-refractivity contribution in [3.8, 4) is 0 Å². The zero-order valence-corrected chi connectivity index (χ0v) is 12.2. The first-order chi connectivity index (χ1) is 10.1. The molecule has 0 atom stereocenters. The molecule has 2 aromatic heterocycles. The molecule has 0 aliphatic carbocycles. The fourth-order valence-electron chi connectivity index (χ4n) is 1.65. The predicted molar refractivity (Wildman–Crippen MR) is 80.8 cm³/mol. The van der Waals surface area contributed by atoms with E-state index in [1.807, 2.05) is 18.2 Å². The van der Waals surface area contributed by atoms with E-state index < -0.39 is 0 Å². The normalized spacial score (nSPS) is 10.4. The topological polar surface area (TPSA) is 79.8 Å². The van der Waals surface area contributed by atoms with Gasteiger partial charge < -0.3 is 10.6 Å². The second kappa shape index (κ2) is 7.33. The number of nitrogens with one attached hydrogen (secondary N) is 2. The monoisotopic (exact) mass is 285 g/mol. The molecule has 0 radical (unpaired) electrons. The van der Waals surface area contributed by atoms with Gasteiger partial charge in [-0.05, 0) is 18.1 Å². The minimum atomic E-state index is -0.240. The van der Waals surface area contributed by atoms with Crippen molar-refractivity contribution in [3.63, 3.8) is 0 Å². The lowest BCUT2D eigenvalue weighted by atomic mass is 10.2. The maximum atomic E-state index is 12.1. The smallest absolute Gasteiger partial charge is 0.270 e. The third-order valence-corrected chi connectivity index (χ3v) is 2.75. The second-order valence-corrected chi connectivity index (χ2v) is 5.07. The number of carbonyl (C=O) groups excluding carboxylic acids is 1. The number of hydrogen-bond donors (Lipinski definition) is 2. The van der Waals surface area contributed by atoms with Crippen LogP contribution in [0, 0.1) is 5.92 Å². The second-order valence-electron chi connectivity index (χ2n) is 5.07. The van der Waals surface area contributed by atoms with Crippen LogP contribution < -0.4 is 10.6 Å². The van der Waals surface area contributed by atoms with E-state index in [1.165, 1.54) is 6.33 Å². The highest BCUT2D eigenvalue weighted by molar-refractivity contribution is 5.92. The van der Waals surface area contributed by atoms with Gasteiger partial charge >= 0.3 is 0 Å². The van der Waals surface area contributed by atoms with Crippen LogP contribution in [0.5, 0.6) is 0 Å². The predicted octanol–water partition coefficient (Wildman–Crippen LogP) is 1.87. The first kappa shape index (κ1) is 14.9. The van der Waals surface area contributed by atoms with Gasteiger partial charge in [0.1, 0.15) is 17.8 Å². The Kier molecular flexibility index (Phi) is 5.20. The summed E-state index contributed by atoms with van der Waals surface area (Å²) in [7, 11) is 0. The molecule has 2 aromatic rings. The van der Waals surface area contributed by atoms with Gasteiger partial charge in [-0.1, -0.05) is 19.9 Å². The Balaban J connectivity index is 1.94. The molecule has 6 nitrogen and oxygen atoms in total. The van der Waals surface area contributed by atoms with Gasteiger partial charge in [-0.25, -0.2) is 9.97 Å². The van der Waals surface area contributed by atoms with Crippen molar-refractivity contribution in [2.75, 3.05) is 11.9 Å². The maximum absolute atomic E-state index is 12.1. The Bertz CT molecular complexity index is 586. The minimum Gasteiger partial charge on any atom is -0.370 e. The quantitative estimate of drug-likeness (QED) is 0.847. The summed E-state index contributed by atoms with van der Waals surface area (Å²) in [5, 5.41) is 5.96. The summed E-state index contributed by atoms with van der Waals surface area (Å²) in [6, 6.07) is 7.22. The Morgan fingerprint density at radius 3 is 2.81 bits per heavy atom. The standard InChI is InChI=1S/C15H19N5O/c1-11(2)8-17-14-7-13(19-10-20-14)15(21)18-9-12-5-3-4-6-16-12/h3-7,10-11H,8-9H2,1-2H3,(H,18,21)(H,17,19,20). The van der Waals surface area contributed by atoms with Crippen LogP contribution in [-0.4, -0.2) is 27.4 Å². The molecule has 0 fully saturated rings. The number of carbonyl (C=O) groups is 1. The molecule has 0 spiro atoms. The maximum Gasteiger partial charge on any atom is 0.270 e. The van der Waals surface area contributed by atoms with Crippen molar-refractivity contribution in [1.29, 1.82) is 0 Å². The summed E-state index contributed by atoms with van der Waals surface area (Å²) in [6.45, 7) is 5.38. The number of rotatable bonds is 6. The molecule has 0 unspecified atom stereocenters. The van der Waals surface area contributed by atoms with E-state index in [1.54, 1.807) is 12.3 Å². The van der Waals surface area contributed by atoms with E-state index in [9.17, 15) is 4.79 Å². The molecule has 2 heterocycles. The van der Waals surface area contributed by atoms with Crippen molar-refractivity contribution in [3.05, 3.63) is 48.2 Å². The van der Waals surface area contributed by atoms with Crippen LogP contribution in [0.4, 0.5) is 5.82 Å². The summed E-state index contributed by atoms with van der Waals surface area (Å²) in [5.74, 6) is 0.915. The van der Waals surface area contributed by atoms with E-state index in [2.05, 4.69) is 39.4 Å². The molecule has 110 valence electrons. The molecule has 1 amide bonds. The van der Waals surface area contributed by atoms with E-state index >= 15 is 0 Å². The Hall–Kier alpha value is -2.50. The van der Waals surface area contributed by atoms with Gasteiger partial charge in [0.15, 0.2) is 0 Å². The zero-order valence-electron chi connectivity index (χ0n) is 12.2. The zero-order chi connectivity index (χ0) is 15.1. The van der Waals surface area contributed by atoms with Crippen LogP contribution in [0.15, 0.2) is 36.8 Å². The molecular weight excluding hydrogens is 266 g/mol. The molecule has 0 saturated heterocycles. The Morgan fingerprint density at radius 1 is 1.24 bits per heavy atom. The average Bonchev–Trinajstić information content (AvgIpc) is 2.52. The van der Waals surface area contributed by atoms with Gasteiger partial charge in [-0.15, -0.1) is 0 Å². The first-order valence-electron chi connectivity index (χ1n) is 6.89. The summed E-state index contributed by atoms with van der Waals surface area (Å²) in [6.07, 6.45) is 3.08. The SMILES string of the molecule is CC(C)CNc1cc(C(=O)NCc2ccccn2)ncn1. The highest BCUT2D eigenvalue weighted by Gasteiger charge is 2.08. The van der Waals surface area contributed by atoms with Gasteiger partial charge in [-0.3, -0.25) is 9.78 Å². The van der Waals surface area contributed by atoms with E-state index in [0.29, 0.717) is 24.0 Å². The van der Waals surface area contributed by atoms with E-state index in [0.717, 1.165) is 12.2 Å². The van der Waals surface area contributed by atoms with Gasteiger partial charge in [0.2, 0.25) is 0 Å². The fourth-order valence-corrected chi connectivity index (χ4v) is 1.65. The first-order valence-corrected chi connectivity index (χ1v) is 6.89. The molecule has 0 aliphatic rings. The van der Waals surface area contributed by atoms with Crippen LogP contribution in [-0.2, 0) is 6.54 Å². The van der Waals surface area contributed by atoms with Crippen LogP contribution in [0.1, 0.15) is 30.0 Å². The van der Waals surface area contributed by atoms with Crippen molar-refractivity contribution in [2.45, 2.75) is 20.4 Å². The molecule has 2 rings (SSSR count). The highest BCUT2D eigenvalue weighted by Crippen LogP contribution is 2.05. The number of hydrogen-bond acceptors (Lipinski definition) is 5. The minimum absolute atomic E-state index is 0.240. The number of pyridine rings is 1. The molecule has 0 saturated carbocycles. The van der Waals surface area contributed by atoms with E-state index in [-0.39, 0.29) is 5.91 Å². The van der Waals surface area contributed by atoms with Gasteiger partial charge in [-0.2, -0.15) is 0 Å². The Morgan fingerprint density at radius 2 is 2.10 bits per heavy atom. The number of anilines is 1. The average molecular weight is 285 g/mol. The van der Waals surface area contributed by atoms with Crippen LogP contribution in [0.25, 0.3) is 0 Å². The largest absolute Gasteiger partial charge is 0.370 e. The van der Waals surface area contributed by atoms with Crippen molar-refractivity contribution in [1.82, 2.24) is 20.3 Å². The molecule has 2 N–H and O–H groups in total. The molecule has 0 aromatic carbocycles. The van der Waals surface area contributed by atoms with Crippen LogP contribution >= 0.6 is 0 Å². The molecular formula is C15H19N5O. The summed E-state index contributed by atoms with van der Waals surface area (Å²) < 4.78 is 0. The van der Waals surface area contributed by atoms with E-state index in [4.69, 9.17) is 0 Å². The number of nitrogens with zero attached hydrogens (tertiary/aromatic N) is 3.